The topological polar surface area (TPSA) is 50.7 Å². The number of aryl methyl sites for hydroxylation is 1. The molecule has 4 nitrogen and oxygen atoms in total. The molecule has 1 atom stereocenters. The van der Waals surface area contributed by atoms with E-state index in [-0.39, 0.29) is 6.61 Å². The maximum Gasteiger partial charge on any atom is 0.231 e. The van der Waals surface area contributed by atoms with Crippen LogP contribution in [0.3, 0.4) is 0 Å². The molecule has 4 heteroatoms. The van der Waals surface area contributed by atoms with Crippen molar-refractivity contribution >= 4 is 0 Å². The van der Waals surface area contributed by atoms with Crippen LogP contribution in [-0.4, -0.2) is 25.1 Å². The minimum absolute atomic E-state index is 0.177. The number of nitrogens with one attached hydrogen (secondary N) is 1. The molecule has 98 valence electrons. The van der Waals surface area contributed by atoms with Crippen LogP contribution in [0.15, 0.2) is 12.1 Å². The first-order valence-corrected chi connectivity index (χ1v) is 6.65. The van der Waals surface area contributed by atoms with Gasteiger partial charge in [0.1, 0.15) is 0 Å². The van der Waals surface area contributed by atoms with E-state index in [0.717, 1.165) is 24.3 Å². The summed E-state index contributed by atoms with van der Waals surface area (Å²) < 4.78 is 10.9. The van der Waals surface area contributed by atoms with Gasteiger partial charge in [0, 0.05) is 12.6 Å². The molecule has 0 amide bonds. The smallest absolute Gasteiger partial charge is 0.231 e. The van der Waals surface area contributed by atoms with Crippen LogP contribution in [0.2, 0.25) is 0 Å². The van der Waals surface area contributed by atoms with E-state index in [1.165, 1.54) is 24.0 Å². The average Bonchev–Trinajstić information content (AvgIpc) is 2.75. The van der Waals surface area contributed by atoms with Gasteiger partial charge in [-0.1, -0.05) is 6.42 Å². The van der Waals surface area contributed by atoms with E-state index in [4.69, 9.17) is 14.6 Å². The zero-order valence-corrected chi connectivity index (χ0v) is 10.4. The van der Waals surface area contributed by atoms with Gasteiger partial charge < -0.3 is 19.9 Å². The average molecular weight is 249 g/mol. The molecular weight excluding hydrogens is 230 g/mol. The highest BCUT2D eigenvalue weighted by Crippen LogP contribution is 2.39. The Labute approximate surface area is 107 Å². The van der Waals surface area contributed by atoms with Crippen molar-refractivity contribution in [1.82, 2.24) is 5.32 Å². The predicted octanol–water partition coefficient (Wildman–Crippen LogP) is 1.76. The summed E-state index contributed by atoms with van der Waals surface area (Å²) in [5.74, 6) is 1.73. The van der Waals surface area contributed by atoms with Gasteiger partial charge >= 0.3 is 0 Å². The minimum atomic E-state index is 0.177. The summed E-state index contributed by atoms with van der Waals surface area (Å²) in [6, 6.07) is 4.55. The number of benzene rings is 1. The highest BCUT2D eigenvalue weighted by molar-refractivity contribution is 5.50. The molecule has 0 radical (unpaired) electrons. The molecular formula is C14H19NO3. The monoisotopic (exact) mass is 249 g/mol. The zero-order chi connectivity index (χ0) is 12.4. The van der Waals surface area contributed by atoms with Crippen molar-refractivity contribution in [1.29, 1.82) is 0 Å². The molecule has 2 aliphatic rings. The Kier molecular flexibility index (Phi) is 3.39. The summed E-state index contributed by atoms with van der Waals surface area (Å²) in [7, 11) is 0. The Bertz CT molecular complexity index is 433. The maximum atomic E-state index is 8.96. The van der Waals surface area contributed by atoms with E-state index in [9.17, 15) is 0 Å². The molecule has 0 spiro atoms. The van der Waals surface area contributed by atoms with Gasteiger partial charge in [-0.2, -0.15) is 0 Å². The second kappa shape index (κ2) is 5.16. The lowest BCUT2D eigenvalue weighted by Gasteiger charge is -2.19. The Hall–Kier alpha value is -1.26. The highest BCUT2D eigenvalue weighted by atomic mass is 16.7. The molecule has 1 aromatic carbocycles. The third-order valence-electron chi connectivity index (χ3n) is 3.70. The first kappa shape index (κ1) is 11.8. The summed E-state index contributed by atoms with van der Waals surface area (Å²) in [4.78, 5) is 0. The summed E-state index contributed by atoms with van der Waals surface area (Å²) in [5.41, 5.74) is 2.66. The number of aliphatic hydroxyl groups is 1. The lowest BCUT2D eigenvalue weighted by atomic mass is 9.98. The van der Waals surface area contributed by atoms with Gasteiger partial charge in [-0.15, -0.1) is 0 Å². The Morgan fingerprint density at radius 3 is 2.89 bits per heavy atom. The molecule has 2 N–H and O–H groups in total. The van der Waals surface area contributed by atoms with Crippen LogP contribution in [0.1, 0.15) is 36.4 Å². The molecule has 1 heterocycles. The fourth-order valence-electron chi connectivity index (χ4n) is 2.81. The predicted molar refractivity (Wildman–Crippen MR) is 67.9 cm³/mol. The van der Waals surface area contributed by atoms with Crippen LogP contribution >= 0.6 is 0 Å². The number of rotatable bonds is 3. The van der Waals surface area contributed by atoms with E-state index < -0.39 is 0 Å². The molecule has 0 saturated carbocycles. The third-order valence-corrected chi connectivity index (χ3v) is 3.70. The number of fused-ring (bicyclic) bond motifs is 2. The van der Waals surface area contributed by atoms with Crippen LogP contribution in [0, 0.1) is 0 Å². The molecule has 0 aromatic heterocycles. The largest absolute Gasteiger partial charge is 0.454 e. The van der Waals surface area contributed by atoms with Crippen molar-refractivity contribution in [2.24, 2.45) is 0 Å². The first-order chi connectivity index (χ1) is 8.88. The second-order valence-corrected chi connectivity index (χ2v) is 4.88. The van der Waals surface area contributed by atoms with Gasteiger partial charge in [0.05, 0.1) is 6.61 Å². The van der Waals surface area contributed by atoms with E-state index in [0.29, 0.717) is 19.4 Å². The molecule has 1 aromatic rings. The van der Waals surface area contributed by atoms with Crippen molar-refractivity contribution in [2.75, 3.05) is 19.9 Å². The van der Waals surface area contributed by atoms with Crippen molar-refractivity contribution in [2.45, 2.75) is 31.7 Å². The molecule has 1 aliphatic carbocycles. The van der Waals surface area contributed by atoms with E-state index in [1.54, 1.807) is 0 Å². The van der Waals surface area contributed by atoms with Gasteiger partial charge in [-0.3, -0.25) is 0 Å². The lowest BCUT2D eigenvalue weighted by molar-refractivity contribution is 0.174. The van der Waals surface area contributed by atoms with E-state index in [2.05, 4.69) is 17.4 Å². The SMILES string of the molecule is OCCNC1CCCCc2cc3c(cc21)OCO3. The number of hydrogen-bond acceptors (Lipinski definition) is 4. The molecule has 1 unspecified atom stereocenters. The summed E-state index contributed by atoms with van der Waals surface area (Å²) in [6.45, 7) is 1.14. The Morgan fingerprint density at radius 2 is 2.06 bits per heavy atom. The molecule has 0 bridgehead atoms. The summed E-state index contributed by atoms with van der Waals surface area (Å²) in [6.07, 6.45) is 4.64. The molecule has 3 rings (SSSR count). The normalized spacial score (nSPS) is 21.5. The molecule has 18 heavy (non-hydrogen) atoms. The molecule has 0 fully saturated rings. The van der Waals surface area contributed by atoms with Crippen molar-refractivity contribution < 1.29 is 14.6 Å². The highest BCUT2D eigenvalue weighted by Gasteiger charge is 2.23. The van der Waals surface area contributed by atoms with Gasteiger partial charge in [0.2, 0.25) is 6.79 Å². The summed E-state index contributed by atoms with van der Waals surface area (Å²) in [5, 5.41) is 12.4. The fourth-order valence-corrected chi connectivity index (χ4v) is 2.81. The van der Waals surface area contributed by atoms with Crippen LogP contribution < -0.4 is 14.8 Å². The maximum absolute atomic E-state index is 8.96. The third kappa shape index (κ3) is 2.18. The number of aliphatic hydroxyl groups excluding tert-OH is 1. The number of ether oxygens (including phenoxy) is 2. The zero-order valence-electron chi connectivity index (χ0n) is 10.4. The van der Waals surface area contributed by atoms with Crippen molar-refractivity contribution in [3.05, 3.63) is 23.3 Å². The fraction of sp³-hybridized carbons (Fsp3) is 0.571. The van der Waals surface area contributed by atoms with Crippen LogP contribution in [0.5, 0.6) is 11.5 Å². The van der Waals surface area contributed by atoms with Crippen LogP contribution in [-0.2, 0) is 6.42 Å². The second-order valence-electron chi connectivity index (χ2n) is 4.88. The quantitative estimate of drug-likeness (QED) is 0.802. The van der Waals surface area contributed by atoms with E-state index in [1.807, 2.05) is 0 Å². The number of hydrogen-bond donors (Lipinski definition) is 2. The molecule has 0 saturated heterocycles. The standard InChI is InChI=1S/C14H19NO3/c16-6-5-15-12-4-2-1-3-10-7-13-14(8-11(10)12)18-9-17-13/h7-8,12,15-16H,1-6,9H2. The lowest BCUT2D eigenvalue weighted by Crippen LogP contribution is -2.24. The Balaban J connectivity index is 1.92. The van der Waals surface area contributed by atoms with Gasteiger partial charge in [-0.05, 0) is 42.5 Å². The molecule has 1 aliphatic heterocycles. The van der Waals surface area contributed by atoms with Gasteiger partial charge in [0.25, 0.3) is 0 Å². The van der Waals surface area contributed by atoms with Crippen LogP contribution in [0.4, 0.5) is 0 Å². The minimum Gasteiger partial charge on any atom is -0.454 e. The first-order valence-electron chi connectivity index (χ1n) is 6.65. The summed E-state index contributed by atoms with van der Waals surface area (Å²) >= 11 is 0. The van der Waals surface area contributed by atoms with Gasteiger partial charge in [0.15, 0.2) is 11.5 Å². The van der Waals surface area contributed by atoms with Crippen molar-refractivity contribution in [3.63, 3.8) is 0 Å². The Morgan fingerprint density at radius 1 is 1.22 bits per heavy atom. The van der Waals surface area contributed by atoms with Gasteiger partial charge in [-0.25, -0.2) is 0 Å². The van der Waals surface area contributed by atoms with Crippen molar-refractivity contribution in [3.8, 4) is 11.5 Å². The van der Waals surface area contributed by atoms with Crippen LogP contribution in [0.25, 0.3) is 0 Å². The van der Waals surface area contributed by atoms with E-state index >= 15 is 0 Å².